The van der Waals surface area contributed by atoms with Crippen LogP contribution in [0.15, 0.2) is 53.4 Å². The van der Waals surface area contributed by atoms with E-state index < -0.39 is 10.0 Å². The Morgan fingerprint density at radius 1 is 1.09 bits per heavy atom. The summed E-state index contributed by atoms with van der Waals surface area (Å²) < 4.78 is 32.4. The summed E-state index contributed by atoms with van der Waals surface area (Å²) in [4.78, 5) is 24.9. The van der Waals surface area contributed by atoms with E-state index in [9.17, 15) is 18.0 Å². The van der Waals surface area contributed by atoms with Gasteiger partial charge in [-0.25, -0.2) is 13.1 Å². The minimum atomic E-state index is -3.48. The predicted octanol–water partition coefficient (Wildman–Crippen LogP) is 2.86. The summed E-state index contributed by atoms with van der Waals surface area (Å²) >= 11 is 0. The van der Waals surface area contributed by atoms with Gasteiger partial charge in [0.2, 0.25) is 15.9 Å². The van der Waals surface area contributed by atoms with Crippen LogP contribution in [0.4, 0.5) is 5.69 Å². The molecule has 8 nitrogen and oxygen atoms in total. The van der Waals surface area contributed by atoms with Crippen LogP contribution < -0.4 is 15.4 Å². The third-order valence-corrected chi connectivity index (χ3v) is 6.67. The van der Waals surface area contributed by atoms with Gasteiger partial charge in [0, 0.05) is 43.5 Å². The fourth-order valence-corrected chi connectivity index (χ4v) is 4.47. The van der Waals surface area contributed by atoms with Crippen LogP contribution in [-0.2, 0) is 26.0 Å². The predicted molar refractivity (Wildman–Crippen MR) is 127 cm³/mol. The zero-order valence-electron chi connectivity index (χ0n) is 18.8. The fraction of sp³-hybridized carbons (Fsp3) is 0.417. The maximum atomic E-state index is 12.4. The molecule has 0 aromatic heterocycles. The van der Waals surface area contributed by atoms with Crippen molar-refractivity contribution < 1.29 is 22.7 Å². The van der Waals surface area contributed by atoms with Crippen molar-refractivity contribution in [3.8, 4) is 0 Å². The first-order chi connectivity index (χ1) is 15.9. The molecule has 3 N–H and O–H groups in total. The minimum Gasteiger partial charge on any atom is -0.382 e. The molecule has 2 amide bonds. The van der Waals surface area contributed by atoms with E-state index in [-0.39, 0.29) is 29.2 Å². The van der Waals surface area contributed by atoms with Crippen LogP contribution in [0.3, 0.4) is 0 Å². The normalized spacial score (nSPS) is 13.5. The van der Waals surface area contributed by atoms with E-state index in [0.29, 0.717) is 37.4 Å². The molecule has 1 saturated carbocycles. The maximum Gasteiger partial charge on any atom is 0.251 e. The Kier molecular flexibility index (Phi) is 8.99. The number of nitrogens with one attached hydrogen (secondary N) is 3. The molecule has 0 bridgehead atoms. The summed E-state index contributed by atoms with van der Waals surface area (Å²) in [5.74, 6) is -0.384. The number of ether oxygens (including phenoxy) is 1. The highest BCUT2D eigenvalue weighted by Gasteiger charge is 2.27. The third kappa shape index (κ3) is 8.27. The maximum absolute atomic E-state index is 12.4. The molecule has 0 aliphatic heterocycles. The van der Waals surface area contributed by atoms with Crippen LogP contribution in [0.1, 0.15) is 48.5 Å². The second kappa shape index (κ2) is 11.9. The Labute approximate surface area is 195 Å². The lowest BCUT2D eigenvalue weighted by Gasteiger charge is -2.09. The van der Waals surface area contributed by atoms with Gasteiger partial charge in [-0.2, -0.15) is 0 Å². The standard InChI is InChI=1S/C24H31N3O5S/c1-2-32-16-4-15-25-24(29)19-5-3-6-21(17-19)26-23(28)14-9-18-7-12-22(13-8-18)33(30,31)27-20-10-11-20/h3,5-8,12-13,17,20,27H,2,4,9-11,14-16H2,1H3,(H,25,29)(H,26,28). The summed E-state index contributed by atoms with van der Waals surface area (Å²) in [7, 11) is -3.48. The second-order valence-corrected chi connectivity index (χ2v) is 9.69. The average Bonchev–Trinajstić information content (AvgIpc) is 3.61. The Morgan fingerprint density at radius 2 is 1.85 bits per heavy atom. The highest BCUT2D eigenvalue weighted by Crippen LogP contribution is 2.22. The van der Waals surface area contributed by atoms with E-state index in [1.807, 2.05) is 6.92 Å². The topological polar surface area (TPSA) is 114 Å². The van der Waals surface area contributed by atoms with Gasteiger partial charge in [-0.15, -0.1) is 0 Å². The van der Waals surface area contributed by atoms with Gasteiger partial charge in [0.1, 0.15) is 0 Å². The van der Waals surface area contributed by atoms with Crippen molar-refractivity contribution in [1.82, 2.24) is 10.0 Å². The van der Waals surface area contributed by atoms with Crippen molar-refractivity contribution in [3.05, 3.63) is 59.7 Å². The molecule has 9 heteroatoms. The fourth-order valence-electron chi connectivity index (χ4n) is 3.17. The van der Waals surface area contributed by atoms with E-state index in [1.54, 1.807) is 48.5 Å². The Balaban J connectivity index is 1.45. The smallest absolute Gasteiger partial charge is 0.251 e. The van der Waals surface area contributed by atoms with Crippen LogP contribution in [0.25, 0.3) is 0 Å². The van der Waals surface area contributed by atoms with Crippen molar-refractivity contribution in [2.45, 2.75) is 50.0 Å². The van der Waals surface area contributed by atoms with E-state index in [0.717, 1.165) is 24.8 Å². The Hall–Kier alpha value is -2.75. The summed E-state index contributed by atoms with van der Waals surface area (Å²) in [5, 5.41) is 5.65. The monoisotopic (exact) mass is 473 g/mol. The number of carbonyl (C=O) groups is 2. The number of anilines is 1. The summed E-state index contributed by atoms with van der Waals surface area (Å²) in [6.07, 6.45) is 3.21. The number of hydrogen-bond acceptors (Lipinski definition) is 5. The summed E-state index contributed by atoms with van der Waals surface area (Å²) in [6, 6.07) is 13.4. The van der Waals surface area contributed by atoms with E-state index >= 15 is 0 Å². The van der Waals surface area contributed by atoms with Gasteiger partial charge in [-0.3, -0.25) is 9.59 Å². The molecule has 0 unspecified atom stereocenters. The number of hydrogen-bond donors (Lipinski definition) is 3. The summed E-state index contributed by atoms with van der Waals surface area (Å²) in [5.41, 5.74) is 1.89. The quantitative estimate of drug-likeness (QED) is 0.387. The Bertz CT molecular complexity index is 1050. The van der Waals surface area contributed by atoms with Crippen LogP contribution in [0.5, 0.6) is 0 Å². The van der Waals surface area contributed by atoms with Crippen LogP contribution in [0.2, 0.25) is 0 Å². The molecule has 0 heterocycles. The minimum absolute atomic E-state index is 0.0587. The molecule has 1 aliphatic rings. The highest BCUT2D eigenvalue weighted by atomic mass is 32.2. The highest BCUT2D eigenvalue weighted by molar-refractivity contribution is 7.89. The van der Waals surface area contributed by atoms with E-state index in [4.69, 9.17) is 4.74 Å². The molecule has 1 aliphatic carbocycles. The molecule has 33 heavy (non-hydrogen) atoms. The van der Waals surface area contributed by atoms with Crippen molar-refractivity contribution in [3.63, 3.8) is 0 Å². The largest absolute Gasteiger partial charge is 0.382 e. The van der Waals surface area contributed by atoms with Crippen molar-refractivity contribution in [2.75, 3.05) is 25.1 Å². The molecule has 0 spiro atoms. The number of rotatable bonds is 13. The number of carbonyl (C=O) groups excluding carboxylic acids is 2. The molecule has 0 atom stereocenters. The molecule has 2 aromatic rings. The van der Waals surface area contributed by atoms with E-state index in [1.165, 1.54) is 0 Å². The lowest BCUT2D eigenvalue weighted by atomic mass is 10.1. The number of amides is 2. The van der Waals surface area contributed by atoms with Crippen molar-refractivity contribution in [1.29, 1.82) is 0 Å². The Morgan fingerprint density at radius 3 is 2.55 bits per heavy atom. The summed E-state index contributed by atoms with van der Waals surface area (Å²) in [6.45, 7) is 3.70. The number of aryl methyl sites for hydroxylation is 1. The van der Waals surface area contributed by atoms with Gasteiger partial charge in [0.05, 0.1) is 4.90 Å². The molecule has 3 rings (SSSR count). The SMILES string of the molecule is CCOCCCNC(=O)c1cccc(NC(=O)CCc2ccc(S(=O)(=O)NC3CC3)cc2)c1. The molecular formula is C24H31N3O5S. The third-order valence-electron chi connectivity index (χ3n) is 5.14. The molecule has 1 fully saturated rings. The van der Waals surface area contributed by atoms with Gasteiger partial charge < -0.3 is 15.4 Å². The first-order valence-corrected chi connectivity index (χ1v) is 12.7. The van der Waals surface area contributed by atoms with Crippen LogP contribution >= 0.6 is 0 Å². The first-order valence-electron chi connectivity index (χ1n) is 11.2. The zero-order valence-corrected chi connectivity index (χ0v) is 19.6. The number of sulfonamides is 1. The zero-order chi connectivity index (χ0) is 23.7. The molecule has 2 aromatic carbocycles. The van der Waals surface area contributed by atoms with Gasteiger partial charge in [0.15, 0.2) is 0 Å². The van der Waals surface area contributed by atoms with Crippen LogP contribution in [-0.4, -0.2) is 46.0 Å². The van der Waals surface area contributed by atoms with Gasteiger partial charge in [-0.1, -0.05) is 18.2 Å². The molecular weight excluding hydrogens is 442 g/mol. The molecule has 0 radical (unpaired) electrons. The van der Waals surface area contributed by atoms with Gasteiger partial charge in [-0.05, 0) is 68.5 Å². The second-order valence-electron chi connectivity index (χ2n) is 7.97. The molecule has 178 valence electrons. The van der Waals surface area contributed by atoms with Crippen molar-refractivity contribution >= 4 is 27.5 Å². The lowest BCUT2D eigenvalue weighted by Crippen LogP contribution is -2.25. The van der Waals surface area contributed by atoms with Gasteiger partial charge in [0.25, 0.3) is 5.91 Å². The molecule has 0 saturated heterocycles. The van der Waals surface area contributed by atoms with Gasteiger partial charge >= 0.3 is 0 Å². The average molecular weight is 474 g/mol. The lowest BCUT2D eigenvalue weighted by molar-refractivity contribution is -0.116. The van der Waals surface area contributed by atoms with Crippen LogP contribution in [0, 0.1) is 0 Å². The van der Waals surface area contributed by atoms with Crippen molar-refractivity contribution in [2.24, 2.45) is 0 Å². The number of benzene rings is 2. The van der Waals surface area contributed by atoms with E-state index in [2.05, 4.69) is 15.4 Å². The first kappa shape index (κ1) is 24.9.